The zero-order valence-electron chi connectivity index (χ0n) is 21.7. The standard InChI is InChI=1S/C32H31F7/c1-2-3-4-5-20-6-8-21(9-7-20)24-14-15-26(27(33)16-24)25-17-28(34)31(29(35)18-25)23-12-10-22(11-13-23)30(36)19-32(37,38)39/h6-9,14-19,22-23H,2-5,10-13H2,1H3. The van der Waals surface area contributed by atoms with Crippen molar-refractivity contribution in [2.45, 2.75) is 70.4 Å². The Bertz CT molecular complexity index is 1270. The summed E-state index contributed by atoms with van der Waals surface area (Å²) in [5.41, 5.74) is 2.63. The smallest absolute Gasteiger partial charge is 0.212 e. The largest absolute Gasteiger partial charge is 0.412 e. The molecular weight excluding hydrogens is 517 g/mol. The lowest BCUT2D eigenvalue weighted by atomic mass is 9.77. The van der Waals surface area contributed by atoms with E-state index in [0.717, 1.165) is 37.0 Å². The molecule has 0 aromatic heterocycles. The Morgan fingerprint density at radius 2 is 1.36 bits per heavy atom. The third-order valence-corrected chi connectivity index (χ3v) is 7.54. The van der Waals surface area contributed by atoms with E-state index >= 15 is 13.2 Å². The minimum atomic E-state index is -4.75. The molecular formula is C32H31F7. The number of hydrogen-bond acceptors (Lipinski definition) is 0. The topological polar surface area (TPSA) is 0 Å². The number of alkyl halides is 3. The molecule has 1 fully saturated rings. The highest BCUT2D eigenvalue weighted by atomic mass is 19.4. The fraction of sp³-hybridized carbons (Fsp3) is 0.375. The van der Waals surface area contributed by atoms with Gasteiger partial charge in [-0.25, -0.2) is 17.6 Å². The minimum Gasteiger partial charge on any atom is -0.212 e. The predicted octanol–water partition coefficient (Wildman–Crippen LogP) is 10.9. The molecule has 0 aliphatic heterocycles. The normalized spacial score (nSPS) is 18.4. The molecule has 0 saturated heterocycles. The van der Waals surface area contributed by atoms with Crippen molar-refractivity contribution in [3.8, 4) is 22.3 Å². The first kappa shape index (κ1) is 28.9. The van der Waals surface area contributed by atoms with Gasteiger partial charge in [0.1, 0.15) is 23.3 Å². The number of hydrogen-bond donors (Lipinski definition) is 0. The lowest BCUT2D eigenvalue weighted by Gasteiger charge is -2.28. The molecule has 0 N–H and O–H groups in total. The van der Waals surface area contributed by atoms with Gasteiger partial charge in [-0.2, -0.15) is 13.2 Å². The van der Waals surface area contributed by atoms with Gasteiger partial charge in [0, 0.05) is 17.0 Å². The fourth-order valence-corrected chi connectivity index (χ4v) is 5.43. The minimum absolute atomic E-state index is 0.0527. The molecule has 0 unspecified atom stereocenters. The zero-order valence-corrected chi connectivity index (χ0v) is 21.7. The highest BCUT2D eigenvalue weighted by Crippen LogP contribution is 2.42. The van der Waals surface area contributed by atoms with E-state index in [9.17, 15) is 17.6 Å². The summed E-state index contributed by atoms with van der Waals surface area (Å²) < 4.78 is 96.5. The number of unbranched alkanes of at least 4 members (excludes halogenated alkanes) is 2. The zero-order chi connectivity index (χ0) is 28.2. The third-order valence-electron chi connectivity index (χ3n) is 7.54. The van der Waals surface area contributed by atoms with Gasteiger partial charge in [0.15, 0.2) is 0 Å². The van der Waals surface area contributed by atoms with Gasteiger partial charge in [-0.05, 0) is 84.9 Å². The van der Waals surface area contributed by atoms with Crippen molar-refractivity contribution in [1.29, 1.82) is 0 Å². The summed E-state index contributed by atoms with van der Waals surface area (Å²) in [5, 5.41) is 0. The number of rotatable bonds is 8. The Labute approximate surface area is 224 Å². The quantitative estimate of drug-likeness (QED) is 0.194. The van der Waals surface area contributed by atoms with Crippen LogP contribution in [0.5, 0.6) is 0 Å². The van der Waals surface area contributed by atoms with Crippen LogP contribution in [-0.2, 0) is 6.42 Å². The van der Waals surface area contributed by atoms with Gasteiger partial charge in [0.25, 0.3) is 0 Å². The molecule has 1 aliphatic rings. The van der Waals surface area contributed by atoms with Gasteiger partial charge in [-0.1, -0.05) is 56.2 Å². The highest BCUT2D eigenvalue weighted by Gasteiger charge is 2.32. The van der Waals surface area contributed by atoms with Crippen molar-refractivity contribution in [2.75, 3.05) is 0 Å². The molecule has 1 saturated carbocycles. The van der Waals surface area contributed by atoms with Gasteiger partial charge in [0.2, 0.25) is 0 Å². The highest BCUT2D eigenvalue weighted by molar-refractivity contribution is 5.71. The van der Waals surface area contributed by atoms with E-state index in [1.54, 1.807) is 6.07 Å². The third kappa shape index (κ3) is 7.31. The second kappa shape index (κ2) is 12.4. The van der Waals surface area contributed by atoms with Crippen LogP contribution in [0.4, 0.5) is 30.7 Å². The lowest BCUT2D eigenvalue weighted by Crippen LogP contribution is -2.17. The first-order valence-electron chi connectivity index (χ1n) is 13.4. The van der Waals surface area contributed by atoms with Crippen LogP contribution in [0.25, 0.3) is 22.3 Å². The number of allylic oxidation sites excluding steroid dienone is 2. The van der Waals surface area contributed by atoms with E-state index in [0.29, 0.717) is 5.56 Å². The van der Waals surface area contributed by atoms with E-state index in [2.05, 4.69) is 6.92 Å². The second-order valence-electron chi connectivity index (χ2n) is 10.3. The molecule has 0 bridgehead atoms. The summed E-state index contributed by atoms with van der Waals surface area (Å²) in [7, 11) is 0. The summed E-state index contributed by atoms with van der Waals surface area (Å²) in [4.78, 5) is 0. The lowest BCUT2D eigenvalue weighted by molar-refractivity contribution is -0.0820. The summed E-state index contributed by atoms with van der Waals surface area (Å²) >= 11 is 0. The first-order valence-corrected chi connectivity index (χ1v) is 13.4. The van der Waals surface area contributed by atoms with Crippen molar-refractivity contribution in [3.05, 3.63) is 95.1 Å². The van der Waals surface area contributed by atoms with Crippen LogP contribution in [0.2, 0.25) is 0 Å². The molecule has 0 radical (unpaired) electrons. The van der Waals surface area contributed by atoms with E-state index in [-0.39, 0.29) is 48.4 Å². The summed E-state index contributed by atoms with van der Waals surface area (Å²) in [5.74, 6) is -5.06. The fourth-order valence-electron chi connectivity index (χ4n) is 5.43. The average Bonchev–Trinajstić information content (AvgIpc) is 2.88. The molecule has 3 aromatic rings. The maximum absolute atomic E-state index is 15.1. The molecule has 0 heterocycles. The van der Waals surface area contributed by atoms with Gasteiger partial charge >= 0.3 is 6.18 Å². The van der Waals surface area contributed by atoms with Gasteiger partial charge in [-0.3, -0.25) is 0 Å². The van der Waals surface area contributed by atoms with Crippen LogP contribution in [-0.4, -0.2) is 6.18 Å². The Kier molecular flexibility index (Phi) is 9.19. The summed E-state index contributed by atoms with van der Waals surface area (Å²) in [6, 6.07) is 14.6. The maximum atomic E-state index is 15.1. The van der Waals surface area contributed by atoms with Crippen molar-refractivity contribution in [3.63, 3.8) is 0 Å². The summed E-state index contributed by atoms with van der Waals surface area (Å²) in [6.45, 7) is 2.15. The first-order chi connectivity index (χ1) is 18.6. The van der Waals surface area contributed by atoms with E-state index in [1.807, 2.05) is 24.3 Å². The van der Waals surface area contributed by atoms with E-state index in [4.69, 9.17) is 0 Å². The molecule has 3 aromatic carbocycles. The van der Waals surface area contributed by atoms with Crippen LogP contribution < -0.4 is 0 Å². The van der Waals surface area contributed by atoms with Crippen LogP contribution in [0.15, 0.2) is 66.5 Å². The number of halogens is 7. The molecule has 7 heteroatoms. The molecule has 39 heavy (non-hydrogen) atoms. The Morgan fingerprint density at radius 1 is 0.769 bits per heavy atom. The second-order valence-corrected chi connectivity index (χ2v) is 10.3. The molecule has 4 rings (SSSR count). The van der Waals surface area contributed by atoms with Crippen LogP contribution >= 0.6 is 0 Å². The van der Waals surface area contributed by atoms with Crippen LogP contribution in [0.1, 0.15) is 68.9 Å². The maximum Gasteiger partial charge on any atom is 0.412 e. The Hall–Kier alpha value is -3.09. The predicted molar refractivity (Wildman–Crippen MR) is 140 cm³/mol. The molecule has 208 valence electrons. The average molecular weight is 549 g/mol. The molecule has 0 atom stereocenters. The molecule has 0 nitrogen and oxygen atoms in total. The van der Waals surface area contributed by atoms with Crippen molar-refractivity contribution in [2.24, 2.45) is 5.92 Å². The van der Waals surface area contributed by atoms with Gasteiger partial charge in [0.05, 0.1) is 6.08 Å². The van der Waals surface area contributed by atoms with Gasteiger partial charge < -0.3 is 0 Å². The number of aryl methyl sites for hydroxylation is 1. The molecule has 0 amide bonds. The Balaban J connectivity index is 1.48. The Morgan fingerprint density at radius 3 is 1.92 bits per heavy atom. The van der Waals surface area contributed by atoms with E-state index < -0.39 is 41.3 Å². The van der Waals surface area contributed by atoms with Gasteiger partial charge in [-0.15, -0.1) is 0 Å². The summed E-state index contributed by atoms with van der Waals surface area (Å²) in [6.07, 6.45) is -0.270. The van der Waals surface area contributed by atoms with Crippen LogP contribution in [0, 0.1) is 23.4 Å². The molecule has 1 aliphatic carbocycles. The van der Waals surface area contributed by atoms with Crippen molar-refractivity contribution < 1.29 is 30.7 Å². The number of benzene rings is 3. The molecule has 0 spiro atoms. The van der Waals surface area contributed by atoms with Crippen molar-refractivity contribution >= 4 is 0 Å². The van der Waals surface area contributed by atoms with Crippen LogP contribution in [0.3, 0.4) is 0 Å². The van der Waals surface area contributed by atoms with E-state index in [1.165, 1.54) is 24.1 Å². The SMILES string of the molecule is CCCCCc1ccc(-c2ccc(-c3cc(F)c(C4CCC(C(F)=CC(F)(F)F)CC4)c(F)c3)c(F)c2)cc1. The van der Waals surface area contributed by atoms with Crippen molar-refractivity contribution in [1.82, 2.24) is 0 Å². The monoisotopic (exact) mass is 548 g/mol.